The summed E-state index contributed by atoms with van der Waals surface area (Å²) in [5, 5.41) is 3.03. The molecule has 2 aromatic carbocycles. The molecule has 1 heterocycles. The first-order valence-corrected chi connectivity index (χ1v) is 10.00. The number of urea groups is 1. The third-order valence-corrected chi connectivity index (χ3v) is 5.17. The molecule has 0 aliphatic carbocycles. The molecular weight excluding hydrogens is 449 g/mol. The van der Waals surface area contributed by atoms with Gasteiger partial charge in [0, 0.05) is 12.1 Å². The summed E-state index contributed by atoms with van der Waals surface area (Å²) in [4.78, 5) is 26.6. The summed E-state index contributed by atoms with van der Waals surface area (Å²) in [7, 11) is 1.42. The van der Waals surface area contributed by atoms with Crippen molar-refractivity contribution in [2.75, 3.05) is 20.3 Å². The number of nitrogens with zero attached hydrogens (tertiary/aromatic N) is 1. The first-order valence-electron chi connectivity index (χ1n) is 9.62. The Morgan fingerprint density at radius 3 is 2.56 bits per heavy atom. The number of hydrogen-bond donors (Lipinski definition) is 1. The van der Waals surface area contributed by atoms with Crippen LogP contribution in [0.2, 0.25) is 5.02 Å². The molecule has 0 spiro atoms. The van der Waals surface area contributed by atoms with Gasteiger partial charge in [-0.25, -0.2) is 9.59 Å². The molecule has 1 aliphatic rings. The fourth-order valence-electron chi connectivity index (χ4n) is 3.24. The van der Waals surface area contributed by atoms with Crippen LogP contribution in [0.25, 0.3) is 0 Å². The largest absolute Gasteiger partial charge is 0.487 e. The third kappa shape index (κ3) is 4.99. The highest BCUT2D eigenvalue weighted by Gasteiger charge is 2.38. The van der Waals surface area contributed by atoms with Crippen molar-refractivity contribution < 1.29 is 32.2 Å². The second-order valence-electron chi connectivity index (χ2n) is 6.86. The smallest absolute Gasteiger partial charge is 0.416 e. The van der Waals surface area contributed by atoms with Crippen LogP contribution in [-0.4, -0.2) is 37.2 Å². The number of carbonyl (C=O) groups excluding carboxylic acids is 2. The molecule has 0 aromatic heterocycles. The van der Waals surface area contributed by atoms with Gasteiger partial charge in [-0.1, -0.05) is 35.9 Å². The van der Waals surface area contributed by atoms with Gasteiger partial charge in [0.2, 0.25) is 0 Å². The maximum absolute atomic E-state index is 13.0. The van der Waals surface area contributed by atoms with Crippen molar-refractivity contribution in [2.45, 2.75) is 19.1 Å². The molecule has 1 N–H and O–H groups in total. The molecule has 0 saturated heterocycles. The molecule has 0 unspecified atom stereocenters. The summed E-state index contributed by atoms with van der Waals surface area (Å²) >= 11 is 6.29. The molecule has 0 bridgehead atoms. The topological polar surface area (TPSA) is 67.9 Å². The molecule has 32 heavy (non-hydrogen) atoms. The number of benzene rings is 2. The van der Waals surface area contributed by atoms with Crippen molar-refractivity contribution in [2.24, 2.45) is 0 Å². The van der Waals surface area contributed by atoms with Crippen LogP contribution in [-0.2, 0) is 15.7 Å². The van der Waals surface area contributed by atoms with E-state index in [1.54, 1.807) is 31.2 Å². The van der Waals surface area contributed by atoms with Gasteiger partial charge in [-0.15, -0.1) is 0 Å². The van der Waals surface area contributed by atoms with Gasteiger partial charge >= 0.3 is 18.2 Å². The van der Waals surface area contributed by atoms with Crippen LogP contribution in [0, 0.1) is 0 Å². The minimum absolute atomic E-state index is 0.0655. The quantitative estimate of drug-likeness (QED) is 0.609. The normalized spacial score (nSPS) is 16.6. The SMILES string of the molecule is CCOC(=O)C1=C(COc2cccc(C(F)(F)F)c2)N(C)C(=O)N[C@H]1c1ccccc1Cl. The van der Waals surface area contributed by atoms with Gasteiger partial charge in [-0.2, -0.15) is 13.2 Å². The summed E-state index contributed by atoms with van der Waals surface area (Å²) in [5.41, 5.74) is -0.183. The minimum atomic E-state index is -4.54. The summed E-state index contributed by atoms with van der Waals surface area (Å²) in [5.74, 6) is -0.767. The maximum atomic E-state index is 13.0. The lowest BCUT2D eigenvalue weighted by Crippen LogP contribution is -2.48. The number of amides is 2. The lowest BCUT2D eigenvalue weighted by molar-refractivity contribution is -0.139. The van der Waals surface area contributed by atoms with Crippen LogP contribution in [0.1, 0.15) is 24.1 Å². The average molecular weight is 469 g/mol. The van der Waals surface area contributed by atoms with Crippen molar-refractivity contribution in [3.63, 3.8) is 0 Å². The summed E-state index contributed by atoms with van der Waals surface area (Å²) in [6.45, 7) is 1.37. The number of carbonyl (C=O) groups is 2. The van der Waals surface area contributed by atoms with E-state index in [0.29, 0.717) is 10.6 Å². The van der Waals surface area contributed by atoms with Gasteiger partial charge in [-0.05, 0) is 36.8 Å². The van der Waals surface area contributed by atoms with Gasteiger partial charge in [-0.3, -0.25) is 4.90 Å². The lowest BCUT2D eigenvalue weighted by Gasteiger charge is -2.34. The molecule has 2 aromatic rings. The van der Waals surface area contributed by atoms with E-state index < -0.39 is 29.8 Å². The van der Waals surface area contributed by atoms with Crippen molar-refractivity contribution in [1.29, 1.82) is 0 Å². The molecule has 0 fully saturated rings. The molecule has 1 aliphatic heterocycles. The summed E-state index contributed by atoms with van der Waals surface area (Å²) in [6.07, 6.45) is -4.54. The molecule has 10 heteroatoms. The van der Waals surface area contributed by atoms with Crippen LogP contribution >= 0.6 is 11.6 Å². The molecular formula is C22H20ClF3N2O4. The Kier molecular flexibility index (Phi) is 6.98. The number of ether oxygens (including phenoxy) is 2. The Hall–Kier alpha value is -3.20. The van der Waals surface area contributed by atoms with Gasteiger partial charge in [0.15, 0.2) is 0 Å². The van der Waals surface area contributed by atoms with E-state index in [9.17, 15) is 22.8 Å². The van der Waals surface area contributed by atoms with Crippen LogP contribution in [0.3, 0.4) is 0 Å². The predicted molar refractivity (Wildman–Crippen MR) is 111 cm³/mol. The van der Waals surface area contributed by atoms with E-state index in [2.05, 4.69) is 5.32 Å². The number of nitrogens with one attached hydrogen (secondary N) is 1. The highest BCUT2D eigenvalue weighted by Crippen LogP contribution is 2.35. The monoisotopic (exact) mass is 468 g/mol. The van der Waals surface area contributed by atoms with Gasteiger partial charge in [0.1, 0.15) is 12.4 Å². The highest BCUT2D eigenvalue weighted by atomic mass is 35.5. The second-order valence-corrected chi connectivity index (χ2v) is 7.27. The van der Waals surface area contributed by atoms with Gasteiger partial charge < -0.3 is 14.8 Å². The number of rotatable bonds is 6. The Balaban J connectivity index is 2.03. The van der Waals surface area contributed by atoms with Gasteiger partial charge in [0.25, 0.3) is 0 Å². The lowest BCUT2D eigenvalue weighted by atomic mass is 9.94. The van der Waals surface area contributed by atoms with Crippen molar-refractivity contribution in [3.8, 4) is 5.75 Å². The Labute approximate surface area is 187 Å². The molecule has 0 saturated carbocycles. The minimum Gasteiger partial charge on any atom is -0.487 e. The fourth-order valence-corrected chi connectivity index (χ4v) is 3.48. The molecule has 1 atom stereocenters. The Bertz CT molecular complexity index is 1060. The maximum Gasteiger partial charge on any atom is 0.416 e. The van der Waals surface area contributed by atoms with E-state index in [0.717, 1.165) is 17.0 Å². The number of likely N-dealkylation sites (N-methyl/N-ethyl adjacent to an activating group) is 1. The predicted octanol–water partition coefficient (Wildman–Crippen LogP) is 4.95. The molecule has 3 rings (SSSR count). The summed E-state index contributed by atoms with van der Waals surface area (Å²) < 4.78 is 49.8. The van der Waals surface area contributed by atoms with E-state index >= 15 is 0 Å². The molecule has 2 amide bonds. The van der Waals surface area contributed by atoms with Crippen molar-refractivity contribution >= 4 is 23.6 Å². The van der Waals surface area contributed by atoms with E-state index in [1.165, 1.54) is 19.2 Å². The van der Waals surface area contributed by atoms with E-state index in [4.69, 9.17) is 21.1 Å². The molecule has 6 nitrogen and oxygen atoms in total. The Morgan fingerprint density at radius 1 is 1.19 bits per heavy atom. The third-order valence-electron chi connectivity index (χ3n) is 4.83. The fraction of sp³-hybridized carbons (Fsp3) is 0.273. The van der Waals surface area contributed by atoms with Crippen LogP contribution in [0.4, 0.5) is 18.0 Å². The zero-order valence-corrected chi connectivity index (χ0v) is 18.0. The molecule has 0 radical (unpaired) electrons. The second kappa shape index (κ2) is 9.52. The number of hydrogen-bond acceptors (Lipinski definition) is 4. The zero-order valence-electron chi connectivity index (χ0n) is 17.2. The first kappa shape index (κ1) is 23.5. The standard InChI is InChI=1S/C22H20ClF3N2O4/c1-3-31-20(29)18-17(12-32-14-8-6-7-13(11-14)22(24,25)26)28(2)21(30)27-19(18)15-9-4-5-10-16(15)23/h4-11,19H,3,12H2,1-2H3,(H,27,30)/t19-/m0/s1. The van der Waals surface area contributed by atoms with Crippen LogP contribution < -0.4 is 10.1 Å². The van der Waals surface area contributed by atoms with Gasteiger partial charge in [0.05, 0.1) is 29.5 Å². The number of halogens is 4. The van der Waals surface area contributed by atoms with E-state index in [-0.39, 0.29) is 30.2 Å². The first-order chi connectivity index (χ1) is 15.1. The Morgan fingerprint density at radius 2 is 1.91 bits per heavy atom. The van der Waals surface area contributed by atoms with Crippen molar-refractivity contribution in [1.82, 2.24) is 10.2 Å². The average Bonchev–Trinajstić information content (AvgIpc) is 2.74. The van der Waals surface area contributed by atoms with Crippen molar-refractivity contribution in [3.05, 3.63) is 76.0 Å². The van der Waals surface area contributed by atoms with Crippen LogP contribution in [0.15, 0.2) is 59.8 Å². The van der Waals surface area contributed by atoms with Crippen LogP contribution in [0.5, 0.6) is 5.75 Å². The number of alkyl halides is 3. The summed E-state index contributed by atoms with van der Waals surface area (Å²) in [6, 6.07) is 9.55. The number of esters is 1. The van der Waals surface area contributed by atoms with E-state index in [1.807, 2.05) is 0 Å². The molecule has 170 valence electrons. The highest BCUT2D eigenvalue weighted by molar-refractivity contribution is 6.31. The zero-order chi connectivity index (χ0) is 23.5.